The number of nitriles is 1. The Balaban J connectivity index is 1.58. The van der Waals surface area contributed by atoms with Gasteiger partial charge in [0.1, 0.15) is 0 Å². The van der Waals surface area contributed by atoms with Crippen molar-refractivity contribution < 1.29 is 4.92 Å². The molecule has 0 saturated carbocycles. The molecule has 0 N–H and O–H groups in total. The van der Waals surface area contributed by atoms with E-state index in [9.17, 15) is 15.4 Å². The predicted molar refractivity (Wildman–Crippen MR) is 132 cm³/mol. The van der Waals surface area contributed by atoms with Crippen LogP contribution in [0.3, 0.4) is 0 Å². The monoisotopic (exact) mass is 429 g/mol. The number of benzene rings is 4. The van der Waals surface area contributed by atoms with Crippen LogP contribution in [0.4, 0.5) is 5.69 Å². The number of non-ortho nitro benzene ring substituents is 1. The third-order valence-electron chi connectivity index (χ3n) is 5.77. The smallest absolute Gasteiger partial charge is 0.269 e. The molecule has 0 fully saturated rings. The average molecular weight is 429 g/mol. The fraction of sp³-hybridized carbons (Fsp3) is 0.0357. The number of hydrogen-bond acceptors (Lipinski definition) is 3. The molecule has 5 heteroatoms. The first kappa shape index (κ1) is 20.2. The molecular formula is C28H19N3O2. The van der Waals surface area contributed by atoms with Crippen molar-refractivity contribution in [3.8, 4) is 6.07 Å². The summed E-state index contributed by atoms with van der Waals surface area (Å²) in [5.41, 5.74) is 4.31. The first-order valence-corrected chi connectivity index (χ1v) is 10.5. The second-order valence-corrected chi connectivity index (χ2v) is 7.89. The zero-order chi connectivity index (χ0) is 22.8. The summed E-state index contributed by atoms with van der Waals surface area (Å²) >= 11 is 0. The molecule has 0 spiro atoms. The Labute approximate surface area is 190 Å². The van der Waals surface area contributed by atoms with Crippen molar-refractivity contribution in [1.29, 1.82) is 5.26 Å². The van der Waals surface area contributed by atoms with Crippen LogP contribution in [0.1, 0.15) is 16.7 Å². The highest BCUT2D eigenvalue weighted by molar-refractivity contribution is 5.99. The molecule has 1 aromatic heterocycles. The van der Waals surface area contributed by atoms with Gasteiger partial charge in [0.15, 0.2) is 0 Å². The maximum absolute atomic E-state index is 11.2. The number of fused-ring (bicyclic) bond motifs is 2. The van der Waals surface area contributed by atoms with Crippen molar-refractivity contribution in [3.63, 3.8) is 0 Å². The van der Waals surface area contributed by atoms with Crippen molar-refractivity contribution >= 4 is 39.0 Å². The summed E-state index contributed by atoms with van der Waals surface area (Å²) in [7, 11) is 0. The fourth-order valence-corrected chi connectivity index (χ4v) is 4.18. The molecule has 0 saturated heterocycles. The van der Waals surface area contributed by atoms with E-state index in [2.05, 4.69) is 16.7 Å². The molecule has 0 atom stereocenters. The van der Waals surface area contributed by atoms with E-state index in [0.717, 1.165) is 38.4 Å². The van der Waals surface area contributed by atoms with Gasteiger partial charge in [-0.1, -0.05) is 66.7 Å². The van der Waals surface area contributed by atoms with Crippen molar-refractivity contribution in [2.24, 2.45) is 0 Å². The summed E-state index contributed by atoms with van der Waals surface area (Å²) in [6.45, 7) is 0.494. The molecule has 5 aromatic rings. The van der Waals surface area contributed by atoms with Crippen LogP contribution in [0, 0.1) is 21.4 Å². The molecule has 0 bridgehead atoms. The minimum absolute atomic E-state index is 0.0761. The molecule has 5 nitrogen and oxygen atoms in total. The zero-order valence-electron chi connectivity index (χ0n) is 17.7. The van der Waals surface area contributed by atoms with E-state index in [4.69, 9.17) is 0 Å². The van der Waals surface area contributed by atoms with E-state index in [1.54, 1.807) is 12.1 Å². The van der Waals surface area contributed by atoms with Crippen molar-refractivity contribution in [1.82, 2.24) is 4.57 Å². The summed E-state index contributed by atoms with van der Waals surface area (Å²) in [4.78, 5) is 10.8. The van der Waals surface area contributed by atoms with Crippen LogP contribution in [0.25, 0.3) is 33.3 Å². The van der Waals surface area contributed by atoms with Gasteiger partial charge in [0.2, 0.25) is 0 Å². The van der Waals surface area contributed by atoms with Gasteiger partial charge in [0.05, 0.1) is 16.6 Å². The SMILES string of the molecule is N#CC(=Cc1cn(Cc2cccc([N+](=O)[O-])c2)c2ccccc12)c1ccc2ccccc2c1. The summed E-state index contributed by atoms with van der Waals surface area (Å²) < 4.78 is 2.07. The second-order valence-electron chi connectivity index (χ2n) is 7.89. The van der Waals surface area contributed by atoms with Crippen LogP contribution in [0.2, 0.25) is 0 Å². The molecule has 5 rings (SSSR count). The van der Waals surface area contributed by atoms with Crippen LogP contribution >= 0.6 is 0 Å². The van der Waals surface area contributed by atoms with Crippen molar-refractivity contribution in [2.45, 2.75) is 6.54 Å². The van der Waals surface area contributed by atoms with Gasteiger partial charge in [-0.05, 0) is 40.1 Å². The molecule has 1 heterocycles. The van der Waals surface area contributed by atoms with E-state index >= 15 is 0 Å². The number of hydrogen-bond donors (Lipinski definition) is 0. The maximum Gasteiger partial charge on any atom is 0.269 e. The van der Waals surface area contributed by atoms with Gasteiger partial charge in [-0.3, -0.25) is 10.1 Å². The molecule has 0 aliphatic rings. The Morgan fingerprint density at radius 2 is 1.73 bits per heavy atom. The lowest BCUT2D eigenvalue weighted by Crippen LogP contribution is -1.98. The van der Waals surface area contributed by atoms with E-state index < -0.39 is 0 Å². The number of aromatic nitrogens is 1. The Morgan fingerprint density at radius 3 is 2.55 bits per heavy atom. The molecule has 0 aliphatic carbocycles. The molecule has 0 radical (unpaired) electrons. The third kappa shape index (κ3) is 3.98. The average Bonchev–Trinajstić information content (AvgIpc) is 3.19. The fourth-order valence-electron chi connectivity index (χ4n) is 4.18. The standard InChI is InChI=1S/C28H19N3O2/c29-17-24(23-13-12-21-7-1-2-8-22(21)15-23)16-25-19-30(28-11-4-3-10-27(25)28)18-20-6-5-9-26(14-20)31(32)33/h1-16,19H,18H2. The summed E-state index contributed by atoms with van der Waals surface area (Å²) in [6, 6.07) is 31.1. The third-order valence-corrected chi connectivity index (χ3v) is 5.77. The number of para-hydroxylation sites is 1. The van der Waals surface area contributed by atoms with E-state index in [0.29, 0.717) is 12.1 Å². The highest BCUT2D eigenvalue weighted by atomic mass is 16.6. The number of nitro groups is 1. The van der Waals surface area contributed by atoms with Crippen LogP contribution in [0.15, 0.2) is 97.2 Å². The van der Waals surface area contributed by atoms with Crippen LogP contribution in [-0.4, -0.2) is 9.49 Å². The Bertz CT molecular complexity index is 1590. The van der Waals surface area contributed by atoms with Gasteiger partial charge in [-0.2, -0.15) is 5.26 Å². The Morgan fingerprint density at radius 1 is 0.939 bits per heavy atom. The lowest BCUT2D eigenvalue weighted by atomic mass is 10.00. The van der Waals surface area contributed by atoms with Gasteiger partial charge >= 0.3 is 0 Å². The van der Waals surface area contributed by atoms with Gasteiger partial charge in [0, 0.05) is 41.3 Å². The van der Waals surface area contributed by atoms with E-state index in [-0.39, 0.29) is 10.6 Å². The number of allylic oxidation sites excluding steroid dienone is 1. The maximum atomic E-state index is 11.2. The minimum atomic E-state index is -0.381. The normalized spacial score (nSPS) is 11.5. The van der Waals surface area contributed by atoms with Crippen LogP contribution in [0.5, 0.6) is 0 Å². The lowest BCUT2D eigenvalue weighted by molar-refractivity contribution is -0.384. The number of nitro benzene ring substituents is 1. The highest BCUT2D eigenvalue weighted by Gasteiger charge is 2.11. The van der Waals surface area contributed by atoms with Crippen LogP contribution in [-0.2, 0) is 6.54 Å². The number of rotatable bonds is 5. The quantitative estimate of drug-likeness (QED) is 0.175. The lowest BCUT2D eigenvalue weighted by Gasteiger charge is -2.05. The Kier molecular flexibility index (Phi) is 5.18. The molecule has 4 aromatic carbocycles. The topological polar surface area (TPSA) is 71.9 Å². The van der Waals surface area contributed by atoms with E-state index in [1.165, 1.54) is 6.07 Å². The first-order valence-electron chi connectivity index (χ1n) is 10.5. The van der Waals surface area contributed by atoms with Gasteiger partial charge in [-0.25, -0.2) is 0 Å². The molecule has 0 aliphatic heterocycles. The Hall–Kier alpha value is -4.69. The zero-order valence-corrected chi connectivity index (χ0v) is 17.7. The highest BCUT2D eigenvalue weighted by Crippen LogP contribution is 2.28. The number of nitrogens with zero attached hydrogens (tertiary/aromatic N) is 3. The molecule has 33 heavy (non-hydrogen) atoms. The predicted octanol–water partition coefficient (Wildman–Crippen LogP) is 6.82. The summed E-state index contributed by atoms with van der Waals surface area (Å²) in [6.07, 6.45) is 3.91. The largest absolute Gasteiger partial charge is 0.342 e. The van der Waals surface area contributed by atoms with Gasteiger partial charge in [-0.15, -0.1) is 0 Å². The van der Waals surface area contributed by atoms with E-state index in [1.807, 2.05) is 79.0 Å². The second kappa shape index (κ2) is 8.45. The molecular weight excluding hydrogens is 410 g/mol. The molecule has 0 unspecified atom stereocenters. The summed E-state index contributed by atoms with van der Waals surface area (Å²) in [5.74, 6) is 0. The van der Waals surface area contributed by atoms with Crippen molar-refractivity contribution in [2.75, 3.05) is 0 Å². The first-order chi connectivity index (χ1) is 16.1. The summed E-state index contributed by atoms with van der Waals surface area (Å²) in [5, 5.41) is 24.3. The minimum Gasteiger partial charge on any atom is -0.342 e. The van der Waals surface area contributed by atoms with Crippen LogP contribution < -0.4 is 0 Å². The van der Waals surface area contributed by atoms with Gasteiger partial charge in [0.25, 0.3) is 5.69 Å². The molecule has 158 valence electrons. The van der Waals surface area contributed by atoms with Gasteiger partial charge < -0.3 is 4.57 Å². The van der Waals surface area contributed by atoms with Crippen molar-refractivity contribution in [3.05, 3.63) is 124 Å². The molecule has 0 amide bonds.